The van der Waals surface area contributed by atoms with Crippen molar-refractivity contribution < 1.29 is 27.4 Å². The van der Waals surface area contributed by atoms with Crippen LogP contribution in [-0.2, 0) is 20.2 Å². The van der Waals surface area contributed by atoms with Crippen molar-refractivity contribution >= 4 is 15.9 Å². The number of carbonyl (C=O) groups excluding carboxylic acids is 1. The maximum Gasteiger partial charge on any atom is 0.251 e. The van der Waals surface area contributed by atoms with Gasteiger partial charge in [0.25, 0.3) is 5.91 Å². The molecular formula is C22H26N2O6S. The summed E-state index contributed by atoms with van der Waals surface area (Å²) in [7, 11) is -3.63. The summed E-state index contributed by atoms with van der Waals surface area (Å²) in [6, 6.07) is 11.9. The number of sulfonamides is 1. The lowest BCUT2D eigenvalue weighted by atomic mass is 9.74. The number of benzene rings is 2. The van der Waals surface area contributed by atoms with Gasteiger partial charge in [0.2, 0.25) is 16.8 Å². The van der Waals surface area contributed by atoms with Crippen molar-refractivity contribution in [2.24, 2.45) is 0 Å². The fraction of sp³-hybridized carbons (Fsp3) is 0.409. The minimum atomic E-state index is -3.63. The van der Waals surface area contributed by atoms with Gasteiger partial charge in [0.1, 0.15) is 0 Å². The molecule has 2 N–H and O–H groups in total. The van der Waals surface area contributed by atoms with Gasteiger partial charge in [0.15, 0.2) is 11.5 Å². The molecule has 166 valence electrons. The molecule has 0 aromatic heterocycles. The van der Waals surface area contributed by atoms with Crippen molar-refractivity contribution in [3.63, 3.8) is 0 Å². The van der Waals surface area contributed by atoms with Crippen LogP contribution in [0.5, 0.6) is 11.5 Å². The van der Waals surface area contributed by atoms with Crippen LogP contribution in [0.3, 0.4) is 0 Å². The Hall–Kier alpha value is -2.62. The van der Waals surface area contributed by atoms with E-state index in [9.17, 15) is 13.2 Å². The lowest BCUT2D eigenvalue weighted by molar-refractivity contribution is 0.0486. The average molecular weight is 447 g/mol. The number of rotatable bonds is 7. The van der Waals surface area contributed by atoms with Crippen LogP contribution >= 0.6 is 0 Å². The molecule has 0 saturated carbocycles. The number of nitrogens with one attached hydrogen (secondary N) is 2. The molecule has 0 atom stereocenters. The molecule has 2 aromatic rings. The highest BCUT2D eigenvalue weighted by Crippen LogP contribution is 2.40. The van der Waals surface area contributed by atoms with Crippen LogP contribution in [0.15, 0.2) is 47.4 Å². The molecule has 0 unspecified atom stereocenters. The summed E-state index contributed by atoms with van der Waals surface area (Å²) in [6.07, 6.45) is 1.50. The first-order chi connectivity index (χ1) is 14.9. The maximum atomic E-state index is 12.9. The predicted octanol–water partition coefficient (Wildman–Crippen LogP) is 2.19. The van der Waals surface area contributed by atoms with Gasteiger partial charge in [-0.25, -0.2) is 13.1 Å². The van der Waals surface area contributed by atoms with Crippen LogP contribution in [0.2, 0.25) is 0 Å². The molecule has 2 aliphatic heterocycles. The Labute approximate surface area is 181 Å². The molecule has 0 bridgehead atoms. The number of ether oxygens (including phenoxy) is 3. The summed E-state index contributed by atoms with van der Waals surface area (Å²) in [5.74, 6) is 1.10. The summed E-state index contributed by atoms with van der Waals surface area (Å²) in [5, 5.41) is 3.00. The van der Waals surface area contributed by atoms with Crippen LogP contribution in [0, 0.1) is 0 Å². The first-order valence-electron chi connectivity index (χ1n) is 10.3. The quantitative estimate of drug-likeness (QED) is 0.676. The van der Waals surface area contributed by atoms with E-state index in [4.69, 9.17) is 14.2 Å². The third-order valence-corrected chi connectivity index (χ3v) is 7.31. The molecule has 2 aromatic carbocycles. The van der Waals surface area contributed by atoms with Gasteiger partial charge < -0.3 is 19.5 Å². The van der Waals surface area contributed by atoms with Gasteiger partial charge in [0.05, 0.1) is 4.90 Å². The molecule has 1 amide bonds. The average Bonchev–Trinajstić information content (AvgIpc) is 3.26. The highest BCUT2D eigenvalue weighted by atomic mass is 32.2. The third-order valence-electron chi connectivity index (χ3n) is 5.76. The molecule has 31 heavy (non-hydrogen) atoms. The molecule has 4 rings (SSSR count). The predicted molar refractivity (Wildman–Crippen MR) is 114 cm³/mol. The van der Waals surface area contributed by atoms with Crippen molar-refractivity contribution in [3.8, 4) is 11.5 Å². The fourth-order valence-electron chi connectivity index (χ4n) is 3.99. The molecule has 2 aliphatic rings. The zero-order valence-corrected chi connectivity index (χ0v) is 18.2. The van der Waals surface area contributed by atoms with E-state index in [1.165, 1.54) is 12.1 Å². The van der Waals surface area contributed by atoms with Gasteiger partial charge in [-0.15, -0.1) is 0 Å². The van der Waals surface area contributed by atoms with Crippen LogP contribution in [-0.4, -0.2) is 47.4 Å². The minimum Gasteiger partial charge on any atom is -0.454 e. The summed E-state index contributed by atoms with van der Waals surface area (Å²) in [4.78, 5) is 13.0. The Morgan fingerprint density at radius 1 is 1.06 bits per heavy atom. The van der Waals surface area contributed by atoms with E-state index in [-0.39, 0.29) is 29.6 Å². The van der Waals surface area contributed by atoms with Crippen molar-refractivity contribution in [1.82, 2.24) is 10.0 Å². The van der Waals surface area contributed by atoms with Crippen LogP contribution in [0.4, 0.5) is 0 Å². The highest BCUT2D eigenvalue weighted by molar-refractivity contribution is 7.89. The molecule has 0 radical (unpaired) electrons. The number of hydrogen-bond acceptors (Lipinski definition) is 6. The molecule has 1 saturated heterocycles. The first-order valence-corrected chi connectivity index (χ1v) is 11.8. The van der Waals surface area contributed by atoms with Gasteiger partial charge in [-0.3, -0.25) is 4.79 Å². The summed E-state index contributed by atoms with van der Waals surface area (Å²) in [6.45, 7) is 3.79. The molecule has 1 fully saturated rings. The molecule has 2 heterocycles. The molecule has 8 nitrogen and oxygen atoms in total. The zero-order chi connectivity index (χ0) is 21.9. The second kappa shape index (κ2) is 8.86. The first kappa shape index (κ1) is 21.6. The lowest BCUT2D eigenvalue weighted by Crippen LogP contribution is -2.44. The number of hydrogen-bond donors (Lipinski definition) is 2. The largest absolute Gasteiger partial charge is 0.454 e. The molecule has 0 aliphatic carbocycles. The zero-order valence-electron chi connectivity index (χ0n) is 17.3. The highest BCUT2D eigenvalue weighted by Gasteiger charge is 2.36. The summed E-state index contributed by atoms with van der Waals surface area (Å²) >= 11 is 0. The van der Waals surface area contributed by atoms with Gasteiger partial charge in [-0.05, 0) is 48.7 Å². The smallest absolute Gasteiger partial charge is 0.251 e. The molecule has 9 heteroatoms. The Bertz CT molecular complexity index is 1060. The van der Waals surface area contributed by atoms with E-state index < -0.39 is 10.0 Å². The number of amides is 1. The number of fused-ring (bicyclic) bond motifs is 1. The van der Waals surface area contributed by atoms with E-state index in [2.05, 4.69) is 10.0 Å². The Morgan fingerprint density at radius 3 is 2.61 bits per heavy atom. The van der Waals surface area contributed by atoms with Gasteiger partial charge in [-0.1, -0.05) is 19.1 Å². The third kappa shape index (κ3) is 4.53. The fourth-order valence-corrected chi connectivity index (χ4v) is 5.07. The Morgan fingerprint density at radius 2 is 1.84 bits per heavy atom. The SMILES string of the molecule is CCNS(=O)(=O)c1cccc(C(=O)NCC2(c3ccc4c(c3)OCO4)CCOCC2)c1. The second-order valence-electron chi connectivity index (χ2n) is 7.67. The van der Waals surface area contributed by atoms with E-state index >= 15 is 0 Å². The summed E-state index contributed by atoms with van der Waals surface area (Å²) in [5.41, 5.74) is 1.05. The minimum absolute atomic E-state index is 0.0681. The van der Waals surface area contributed by atoms with E-state index in [1.807, 2.05) is 18.2 Å². The summed E-state index contributed by atoms with van der Waals surface area (Å²) < 4.78 is 43.5. The van der Waals surface area contributed by atoms with Gasteiger partial charge in [-0.2, -0.15) is 0 Å². The van der Waals surface area contributed by atoms with E-state index in [1.54, 1.807) is 19.1 Å². The molecular weight excluding hydrogens is 420 g/mol. The van der Waals surface area contributed by atoms with E-state index in [0.717, 1.165) is 18.4 Å². The monoisotopic (exact) mass is 446 g/mol. The van der Waals surface area contributed by atoms with E-state index in [0.29, 0.717) is 36.8 Å². The van der Waals surface area contributed by atoms with Crippen LogP contribution < -0.4 is 19.5 Å². The number of carbonyl (C=O) groups is 1. The standard InChI is InChI=1S/C22H26N2O6S/c1-2-24-31(26,27)18-5-3-4-16(12-18)21(25)23-14-22(8-10-28-11-9-22)17-6-7-19-20(13-17)30-15-29-19/h3-7,12-13,24H,2,8-11,14-15H2,1H3,(H,23,25). The van der Waals surface area contributed by atoms with Crippen molar-refractivity contribution in [3.05, 3.63) is 53.6 Å². The maximum absolute atomic E-state index is 12.9. The Balaban J connectivity index is 1.54. The normalized spacial score (nSPS) is 17.3. The van der Waals surface area contributed by atoms with Crippen LogP contribution in [0.25, 0.3) is 0 Å². The van der Waals surface area contributed by atoms with Crippen molar-refractivity contribution in [2.45, 2.75) is 30.1 Å². The van der Waals surface area contributed by atoms with Crippen molar-refractivity contribution in [1.29, 1.82) is 0 Å². The van der Waals surface area contributed by atoms with Crippen molar-refractivity contribution in [2.75, 3.05) is 33.1 Å². The second-order valence-corrected chi connectivity index (χ2v) is 9.44. The topological polar surface area (TPSA) is 103 Å². The van der Waals surface area contributed by atoms with Crippen LogP contribution in [0.1, 0.15) is 35.7 Å². The lowest BCUT2D eigenvalue weighted by Gasteiger charge is -2.38. The Kier molecular flexibility index (Phi) is 6.17. The van der Waals surface area contributed by atoms with Gasteiger partial charge >= 0.3 is 0 Å². The van der Waals surface area contributed by atoms with Gasteiger partial charge in [0, 0.05) is 37.3 Å². The molecule has 0 spiro atoms.